The Morgan fingerprint density at radius 1 is 1.40 bits per heavy atom. The number of thioether (sulfide) groups is 1. The first-order valence-electron chi connectivity index (χ1n) is 6.62. The minimum absolute atomic E-state index is 0.0412. The van der Waals surface area contributed by atoms with Crippen LogP contribution in [0.25, 0.3) is 0 Å². The predicted octanol–water partition coefficient (Wildman–Crippen LogP) is 2.60. The number of aliphatic carboxylic acids is 1. The van der Waals surface area contributed by atoms with Gasteiger partial charge >= 0.3 is 5.97 Å². The Balaban J connectivity index is 2.21. The zero-order chi connectivity index (χ0) is 15.0. The summed E-state index contributed by atoms with van der Waals surface area (Å²) in [5.41, 5.74) is 2.43. The smallest absolute Gasteiger partial charge is 0.303 e. The largest absolute Gasteiger partial charge is 0.481 e. The monoisotopic (exact) mass is 295 g/mol. The third kappa shape index (κ3) is 7.19. The van der Waals surface area contributed by atoms with Crippen LogP contribution in [0.2, 0.25) is 0 Å². The quantitative estimate of drug-likeness (QED) is 0.773. The first kappa shape index (κ1) is 16.6. The molecule has 0 aliphatic carbocycles. The second-order valence-electron chi connectivity index (χ2n) is 4.88. The molecular weight excluding hydrogens is 274 g/mol. The van der Waals surface area contributed by atoms with Crippen LogP contribution >= 0.6 is 11.8 Å². The Bertz CT molecular complexity index is 462. The molecule has 1 amide bonds. The van der Waals surface area contributed by atoms with Gasteiger partial charge in [-0.3, -0.25) is 9.59 Å². The van der Waals surface area contributed by atoms with Gasteiger partial charge in [0, 0.05) is 18.2 Å². The van der Waals surface area contributed by atoms with E-state index in [2.05, 4.69) is 11.4 Å². The van der Waals surface area contributed by atoms with Gasteiger partial charge in [0.05, 0.1) is 5.75 Å². The molecule has 1 aromatic rings. The average Bonchev–Trinajstić information content (AvgIpc) is 2.36. The molecule has 0 saturated carbocycles. The summed E-state index contributed by atoms with van der Waals surface area (Å²) in [7, 11) is 0. The van der Waals surface area contributed by atoms with Gasteiger partial charge in [-0.15, -0.1) is 11.8 Å². The van der Waals surface area contributed by atoms with Crippen LogP contribution in [0.1, 0.15) is 30.9 Å². The average molecular weight is 295 g/mol. The predicted molar refractivity (Wildman–Crippen MR) is 81.8 cm³/mol. The second kappa shape index (κ2) is 8.64. The SMILES string of the molecule is Cc1cccc(CSCC(=O)NC(C)CCC(=O)O)c1. The molecule has 5 heteroatoms. The van der Waals surface area contributed by atoms with Gasteiger partial charge in [0.2, 0.25) is 5.91 Å². The minimum atomic E-state index is -0.833. The molecule has 2 N–H and O–H groups in total. The van der Waals surface area contributed by atoms with Crippen LogP contribution in [0.4, 0.5) is 0 Å². The third-order valence-corrected chi connectivity index (χ3v) is 3.79. The molecule has 110 valence electrons. The van der Waals surface area contributed by atoms with Crippen molar-refractivity contribution in [3.05, 3.63) is 35.4 Å². The molecule has 0 spiro atoms. The van der Waals surface area contributed by atoms with E-state index < -0.39 is 5.97 Å². The number of aryl methyl sites for hydroxylation is 1. The Hall–Kier alpha value is -1.49. The first-order chi connectivity index (χ1) is 9.47. The van der Waals surface area contributed by atoms with E-state index in [0.29, 0.717) is 12.2 Å². The molecule has 1 unspecified atom stereocenters. The lowest BCUT2D eigenvalue weighted by Gasteiger charge is -2.12. The topological polar surface area (TPSA) is 66.4 Å². The molecule has 4 nitrogen and oxygen atoms in total. The first-order valence-corrected chi connectivity index (χ1v) is 7.77. The van der Waals surface area contributed by atoms with Crippen LogP contribution in [0.3, 0.4) is 0 Å². The maximum absolute atomic E-state index is 11.7. The molecule has 1 aromatic carbocycles. The van der Waals surface area contributed by atoms with Gasteiger partial charge in [-0.05, 0) is 25.8 Å². The number of hydrogen-bond acceptors (Lipinski definition) is 3. The van der Waals surface area contributed by atoms with Gasteiger partial charge in [-0.1, -0.05) is 29.8 Å². The Morgan fingerprint density at radius 3 is 2.80 bits per heavy atom. The zero-order valence-electron chi connectivity index (χ0n) is 11.9. The summed E-state index contributed by atoms with van der Waals surface area (Å²) in [6.07, 6.45) is 0.543. The molecule has 1 rings (SSSR count). The fraction of sp³-hybridized carbons (Fsp3) is 0.467. The molecule has 0 aromatic heterocycles. The fourth-order valence-corrected chi connectivity index (χ4v) is 2.58. The number of carbonyl (C=O) groups is 2. The van der Waals surface area contributed by atoms with Crippen LogP contribution in [-0.4, -0.2) is 28.8 Å². The van der Waals surface area contributed by atoms with Crippen molar-refractivity contribution in [1.29, 1.82) is 0 Å². The van der Waals surface area contributed by atoms with E-state index in [4.69, 9.17) is 5.11 Å². The van der Waals surface area contributed by atoms with Crippen molar-refractivity contribution in [2.24, 2.45) is 0 Å². The lowest BCUT2D eigenvalue weighted by molar-refractivity contribution is -0.137. The van der Waals surface area contributed by atoms with Gasteiger partial charge in [0.15, 0.2) is 0 Å². The normalized spacial score (nSPS) is 11.9. The number of rotatable bonds is 8. The number of amides is 1. The Labute approximate surface area is 124 Å². The molecule has 0 aliphatic heterocycles. The van der Waals surface area contributed by atoms with E-state index in [1.54, 1.807) is 11.8 Å². The number of carbonyl (C=O) groups excluding carboxylic acids is 1. The highest BCUT2D eigenvalue weighted by Crippen LogP contribution is 2.13. The van der Waals surface area contributed by atoms with Gasteiger partial charge in [-0.25, -0.2) is 0 Å². The van der Waals surface area contributed by atoms with Crippen LogP contribution in [0.15, 0.2) is 24.3 Å². The summed E-state index contributed by atoms with van der Waals surface area (Å²) in [5, 5.41) is 11.4. The van der Waals surface area contributed by atoms with Crippen LogP contribution in [0, 0.1) is 6.92 Å². The second-order valence-corrected chi connectivity index (χ2v) is 5.87. The Morgan fingerprint density at radius 2 is 2.15 bits per heavy atom. The maximum atomic E-state index is 11.7. The van der Waals surface area contributed by atoms with Crippen LogP contribution in [-0.2, 0) is 15.3 Å². The van der Waals surface area contributed by atoms with Gasteiger partial charge in [-0.2, -0.15) is 0 Å². The number of hydrogen-bond donors (Lipinski definition) is 2. The van der Waals surface area contributed by atoms with E-state index in [0.717, 1.165) is 5.75 Å². The Kier molecular flexibility index (Phi) is 7.15. The standard InChI is InChI=1S/C15H21NO3S/c1-11-4-3-5-13(8-11)9-20-10-14(17)16-12(2)6-7-15(18)19/h3-5,8,12H,6-7,9-10H2,1-2H3,(H,16,17)(H,18,19). The van der Waals surface area contributed by atoms with Crippen LogP contribution < -0.4 is 5.32 Å². The maximum Gasteiger partial charge on any atom is 0.303 e. The highest BCUT2D eigenvalue weighted by Gasteiger charge is 2.09. The van der Waals surface area contributed by atoms with Gasteiger partial charge in [0.25, 0.3) is 0 Å². The summed E-state index contributed by atoms with van der Waals surface area (Å²) in [5.74, 6) is 0.324. The summed E-state index contributed by atoms with van der Waals surface area (Å²) in [4.78, 5) is 22.1. The number of carboxylic acids is 1. The molecule has 0 saturated heterocycles. The highest BCUT2D eigenvalue weighted by molar-refractivity contribution is 7.99. The van der Waals surface area contributed by atoms with E-state index in [9.17, 15) is 9.59 Å². The fourth-order valence-electron chi connectivity index (χ4n) is 1.79. The summed E-state index contributed by atoms with van der Waals surface area (Å²) in [6, 6.07) is 8.12. The molecule has 1 atom stereocenters. The lowest BCUT2D eigenvalue weighted by atomic mass is 10.2. The van der Waals surface area contributed by atoms with E-state index >= 15 is 0 Å². The minimum Gasteiger partial charge on any atom is -0.481 e. The van der Waals surface area contributed by atoms with E-state index in [1.807, 2.05) is 32.0 Å². The third-order valence-electron chi connectivity index (χ3n) is 2.78. The van der Waals surface area contributed by atoms with E-state index in [-0.39, 0.29) is 18.4 Å². The lowest BCUT2D eigenvalue weighted by Crippen LogP contribution is -2.34. The van der Waals surface area contributed by atoms with E-state index in [1.165, 1.54) is 11.1 Å². The molecule has 0 bridgehead atoms. The summed E-state index contributed by atoms with van der Waals surface area (Å²) >= 11 is 1.56. The van der Waals surface area contributed by atoms with Crippen molar-refractivity contribution in [1.82, 2.24) is 5.32 Å². The number of benzene rings is 1. The molecule has 0 heterocycles. The van der Waals surface area contributed by atoms with Crippen molar-refractivity contribution in [3.8, 4) is 0 Å². The number of carboxylic acid groups (broad SMARTS) is 1. The van der Waals surface area contributed by atoms with Crippen molar-refractivity contribution < 1.29 is 14.7 Å². The summed E-state index contributed by atoms with van der Waals surface area (Å²) < 4.78 is 0. The van der Waals surface area contributed by atoms with Gasteiger partial charge < -0.3 is 10.4 Å². The van der Waals surface area contributed by atoms with Crippen molar-refractivity contribution >= 4 is 23.6 Å². The number of nitrogens with one attached hydrogen (secondary N) is 1. The molecule has 0 fully saturated rings. The van der Waals surface area contributed by atoms with Crippen molar-refractivity contribution in [2.45, 2.75) is 38.5 Å². The van der Waals surface area contributed by atoms with Crippen LogP contribution in [0.5, 0.6) is 0 Å². The van der Waals surface area contributed by atoms with Crippen molar-refractivity contribution in [3.63, 3.8) is 0 Å². The molecular formula is C15H21NO3S. The molecule has 20 heavy (non-hydrogen) atoms. The summed E-state index contributed by atoms with van der Waals surface area (Å²) in [6.45, 7) is 3.87. The molecule has 0 aliphatic rings. The zero-order valence-corrected chi connectivity index (χ0v) is 12.7. The van der Waals surface area contributed by atoms with Gasteiger partial charge in [0.1, 0.15) is 0 Å². The van der Waals surface area contributed by atoms with Crippen molar-refractivity contribution in [2.75, 3.05) is 5.75 Å². The highest BCUT2D eigenvalue weighted by atomic mass is 32.2. The molecule has 0 radical (unpaired) electrons.